The second-order valence-electron chi connectivity index (χ2n) is 8.76. The number of rotatable bonds is 4. The largest absolute Gasteiger partial charge is 0.342 e. The predicted octanol–water partition coefficient (Wildman–Crippen LogP) is 2.69. The fourth-order valence-corrected chi connectivity index (χ4v) is 5.08. The number of benzene rings is 1. The van der Waals surface area contributed by atoms with Crippen molar-refractivity contribution in [1.29, 1.82) is 0 Å². The van der Waals surface area contributed by atoms with Crippen LogP contribution in [0.15, 0.2) is 24.3 Å². The van der Waals surface area contributed by atoms with Crippen LogP contribution < -0.4 is 0 Å². The molecule has 3 aliphatic heterocycles. The molecule has 0 unspecified atom stereocenters. The predicted molar refractivity (Wildman–Crippen MR) is 110 cm³/mol. The molecular formula is C23H32FN3O2. The highest BCUT2D eigenvalue weighted by Crippen LogP contribution is 2.26. The Balaban J connectivity index is 1.20. The minimum absolute atomic E-state index is 0.130. The third-order valence-corrected chi connectivity index (χ3v) is 6.90. The zero-order valence-electron chi connectivity index (χ0n) is 17.2. The fourth-order valence-electron chi connectivity index (χ4n) is 5.08. The Hall–Kier alpha value is -1.95. The van der Waals surface area contributed by atoms with Gasteiger partial charge < -0.3 is 14.7 Å². The van der Waals surface area contributed by atoms with Gasteiger partial charge in [-0.15, -0.1) is 0 Å². The van der Waals surface area contributed by atoms with Crippen LogP contribution in [-0.2, 0) is 16.0 Å². The average Bonchev–Trinajstić information content (AvgIpc) is 3.30. The van der Waals surface area contributed by atoms with Crippen molar-refractivity contribution in [3.05, 3.63) is 35.6 Å². The van der Waals surface area contributed by atoms with E-state index in [1.54, 1.807) is 12.1 Å². The van der Waals surface area contributed by atoms with Crippen LogP contribution in [-0.4, -0.2) is 71.8 Å². The highest BCUT2D eigenvalue weighted by Gasteiger charge is 2.33. The Morgan fingerprint density at radius 3 is 2.07 bits per heavy atom. The van der Waals surface area contributed by atoms with Crippen LogP contribution in [0.25, 0.3) is 0 Å². The van der Waals surface area contributed by atoms with Crippen LogP contribution in [0.5, 0.6) is 0 Å². The SMILES string of the molecule is O=C(Cc1ccc(F)cc1)N1CCC(N2CCC(C(=O)N3CCCC3)CC2)CC1. The van der Waals surface area contributed by atoms with Crippen LogP contribution >= 0.6 is 0 Å². The van der Waals surface area contributed by atoms with E-state index in [0.717, 1.165) is 83.4 Å². The molecule has 0 aliphatic carbocycles. The number of nitrogens with zero attached hydrogens (tertiary/aromatic N) is 3. The van der Waals surface area contributed by atoms with Gasteiger partial charge in [0.15, 0.2) is 0 Å². The van der Waals surface area contributed by atoms with Gasteiger partial charge in [-0.2, -0.15) is 0 Å². The zero-order valence-corrected chi connectivity index (χ0v) is 17.2. The summed E-state index contributed by atoms with van der Waals surface area (Å²) in [4.78, 5) is 31.7. The molecule has 6 heteroatoms. The molecule has 3 saturated heterocycles. The molecule has 0 N–H and O–H groups in total. The lowest BCUT2D eigenvalue weighted by Crippen LogP contribution is -2.50. The van der Waals surface area contributed by atoms with Gasteiger partial charge in [0.1, 0.15) is 5.82 Å². The van der Waals surface area contributed by atoms with Crippen LogP contribution in [0.4, 0.5) is 4.39 Å². The fraction of sp³-hybridized carbons (Fsp3) is 0.652. The minimum atomic E-state index is -0.270. The highest BCUT2D eigenvalue weighted by atomic mass is 19.1. The van der Waals surface area contributed by atoms with E-state index in [1.807, 2.05) is 4.90 Å². The summed E-state index contributed by atoms with van der Waals surface area (Å²) in [5.41, 5.74) is 0.864. The van der Waals surface area contributed by atoms with Gasteiger partial charge in [0, 0.05) is 38.1 Å². The number of hydrogen-bond donors (Lipinski definition) is 0. The minimum Gasteiger partial charge on any atom is -0.342 e. The molecule has 3 fully saturated rings. The highest BCUT2D eigenvalue weighted by molar-refractivity contribution is 5.79. The number of piperidine rings is 2. The monoisotopic (exact) mass is 401 g/mol. The Labute approximate surface area is 172 Å². The van der Waals surface area contributed by atoms with Crippen LogP contribution in [0.3, 0.4) is 0 Å². The van der Waals surface area contributed by atoms with Gasteiger partial charge >= 0.3 is 0 Å². The lowest BCUT2D eigenvalue weighted by atomic mass is 9.92. The van der Waals surface area contributed by atoms with E-state index in [0.29, 0.717) is 18.4 Å². The van der Waals surface area contributed by atoms with Crippen molar-refractivity contribution >= 4 is 11.8 Å². The molecule has 1 aromatic rings. The number of carbonyl (C=O) groups is 2. The topological polar surface area (TPSA) is 43.9 Å². The van der Waals surface area contributed by atoms with E-state index in [-0.39, 0.29) is 17.6 Å². The van der Waals surface area contributed by atoms with Crippen molar-refractivity contribution in [3.63, 3.8) is 0 Å². The van der Waals surface area contributed by atoms with Crippen molar-refractivity contribution in [3.8, 4) is 0 Å². The summed E-state index contributed by atoms with van der Waals surface area (Å²) in [7, 11) is 0. The van der Waals surface area contributed by atoms with Crippen molar-refractivity contribution in [2.24, 2.45) is 5.92 Å². The first-order chi connectivity index (χ1) is 14.1. The number of amides is 2. The smallest absolute Gasteiger partial charge is 0.226 e. The first-order valence-electron chi connectivity index (χ1n) is 11.2. The van der Waals surface area contributed by atoms with Crippen LogP contribution in [0.2, 0.25) is 0 Å². The lowest BCUT2D eigenvalue weighted by molar-refractivity contribution is -0.137. The first kappa shape index (κ1) is 20.3. The standard InChI is InChI=1S/C23H32FN3O2/c24-20-5-3-18(4-6-20)17-22(28)26-15-9-21(10-16-26)25-13-7-19(8-14-25)23(29)27-11-1-2-12-27/h3-6,19,21H,1-2,7-17H2. The van der Waals surface area contributed by atoms with Crippen molar-refractivity contribution < 1.29 is 14.0 Å². The van der Waals surface area contributed by atoms with Gasteiger partial charge in [-0.05, 0) is 69.3 Å². The Bertz CT molecular complexity index is 701. The van der Waals surface area contributed by atoms with Crippen molar-refractivity contribution in [1.82, 2.24) is 14.7 Å². The molecule has 3 aliphatic rings. The molecule has 0 bridgehead atoms. The molecule has 5 nitrogen and oxygen atoms in total. The lowest BCUT2D eigenvalue weighted by Gasteiger charge is -2.42. The number of halogens is 1. The third-order valence-electron chi connectivity index (χ3n) is 6.90. The molecule has 2 amide bonds. The van der Waals surface area contributed by atoms with E-state index in [2.05, 4.69) is 9.80 Å². The maximum atomic E-state index is 13.0. The van der Waals surface area contributed by atoms with Crippen LogP contribution in [0, 0.1) is 11.7 Å². The maximum Gasteiger partial charge on any atom is 0.226 e. The molecule has 0 radical (unpaired) electrons. The quantitative estimate of drug-likeness (QED) is 0.779. The summed E-state index contributed by atoms with van der Waals surface area (Å²) in [5, 5.41) is 0. The molecule has 29 heavy (non-hydrogen) atoms. The van der Waals surface area contributed by atoms with Gasteiger partial charge in [0.2, 0.25) is 11.8 Å². The number of likely N-dealkylation sites (tertiary alicyclic amines) is 3. The Kier molecular flexibility index (Phi) is 6.48. The van der Waals surface area contributed by atoms with Gasteiger partial charge in [0.05, 0.1) is 6.42 Å². The summed E-state index contributed by atoms with van der Waals surface area (Å²) in [6, 6.07) is 6.72. The molecule has 1 aromatic carbocycles. The van der Waals surface area contributed by atoms with Crippen molar-refractivity contribution in [2.75, 3.05) is 39.3 Å². The van der Waals surface area contributed by atoms with E-state index >= 15 is 0 Å². The second-order valence-corrected chi connectivity index (χ2v) is 8.76. The summed E-state index contributed by atoms with van der Waals surface area (Å²) in [5.74, 6) is 0.447. The van der Waals surface area contributed by atoms with E-state index in [9.17, 15) is 14.0 Å². The van der Waals surface area contributed by atoms with Gasteiger partial charge in [-0.1, -0.05) is 12.1 Å². The second kappa shape index (κ2) is 9.24. The zero-order chi connectivity index (χ0) is 20.2. The molecule has 0 spiro atoms. The summed E-state index contributed by atoms with van der Waals surface area (Å²) in [6.07, 6.45) is 6.60. The molecule has 0 atom stereocenters. The summed E-state index contributed by atoms with van der Waals surface area (Å²) >= 11 is 0. The van der Waals surface area contributed by atoms with Crippen LogP contribution in [0.1, 0.15) is 44.1 Å². The van der Waals surface area contributed by atoms with Gasteiger partial charge in [-0.25, -0.2) is 4.39 Å². The maximum absolute atomic E-state index is 13.0. The van der Waals surface area contributed by atoms with E-state index < -0.39 is 0 Å². The molecule has 3 heterocycles. The van der Waals surface area contributed by atoms with Crippen molar-refractivity contribution in [2.45, 2.75) is 51.0 Å². The molecule has 4 rings (SSSR count). The average molecular weight is 402 g/mol. The molecular weight excluding hydrogens is 369 g/mol. The van der Waals surface area contributed by atoms with Gasteiger partial charge in [-0.3, -0.25) is 9.59 Å². The number of hydrogen-bond acceptors (Lipinski definition) is 3. The third kappa shape index (κ3) is 4.97. The normalized spacial score (nSPS) is 22.2. The Morgan fingerprint density at radius 2 is 1.45 bits per heavy atom. The van der Waals surface area contributed by atoms with Gasteiger partial charge in [0.25, 0.3) is 0 Å². The first-order valence-corrected chi connectivity index (χ1v) is 11.2. The molecule has 158 valence electrons. The summed E-state index contributed by atoms with van der Waals surface area (Å²) in [6.45, 7) is 5.47. The van der Waals surface area contributed by atoms with E-state index in [4.69, 9.17) is 0 Å². The Morgan fingerprint density at radius 1 is 0.828 bits per heavy atom. The number of carbonyl (C=O) groups excluding carboxylic acids is 2. The molecule has 0 saturated carbocycles. The summed E-state index contributed by atoms with van der Waals surface area (Å²) < 4.78 is 13.0. The van der Waals surface area contributed by atoms with E-state index in [1.165, 1.54) is 12.1 Å². The molecule has 0 aromatic heterocycles.